The zero-order chi connectivity index (χ0) is 20.8. The number of halogens is 3. The SMILES string of the molecule is CN=C(NCCN1C(=O)C2C3C=CC(C3)C2C1=O)NC1CCN(CC(F)(F)F)C1. The molecule has 4 aliphatic rings. The van der Waals surface area contributed by atoms with Gasteiger partial charge in [0.25, 0.3) is 0 Å². The number of nitrogens with zero attached hydrogens (tertiary/aromatic N) is 3. The monoisotopic (exact) mass is 413 g/mol. The van der Waals surface area contributed by atoms with Gasteiger partial charge in [0.15, 0.2) is 5.96 Å². The van der Waals surface area contributed by atoms with Crippen molar-refractivity contribution < 1.29 is 22.8 Å². The van der Waals surface area contributed by atoms with Crippen LogP contribution in [0.25, 0.3) is 0 Å². The summed E-state index contributed by atoms with van der Waals surface area (Å²) < 4.78 is 37.5. The molecule has 7 nitrogen and oxygen atoms in total. The van der Waals surface area contributed by atoms with Crippen LogP contribution in [0.2, 0.25) is 0 Å². The highest BCUT2D eigenvalue weighted by Gasteiger charge is 2.58. The molecule has 5 unspecified atom stereocenters. The van der Waals surface area contributed by atoms with Gasteiger partial charge in [-0.3, -0.25) is 24.4 Å². The molecule has 2 N–H and O–H groups in total. The van der Waals surface area contributed by atoms with Crippen LogP contribution in [0.1, 0.15) is 12.8 Å². The largest absolute Gasteiger partial charge is 0.401 e. The molecule has 0 aromatic carbocycles. The molecule has 0 spiro atoms. The average Bonchev–Trinajstić information content (AvgIpc) is 3.40. The van der Waals surface area contributed by atoms with Gasteiger partial charge in [-0.15, -0.1) is 0 Å². The van der Waals surface area contributed by atoms with Crippen LogP contribution in [-0.4, -0.2) is 79.6 Å². The van der Waals surface area contributed by atoms with Crippen molar-refractivity contribution in [1.29, 1.82) is 0 Å². The molecule has 0 radical (unpaired) electrons. The van der Waals surface area contributed by atoms with E-state index in [1.165, 1.54) is 9.80 Å². The fraction of sp³-hybridized carbons (Fsp3) is 0.737. The quantitative estimate of drug-likeness (QED) is 0.299. The number of aliphatic imine (C=N–C) groups is 1. The van der Waals surface area contributed by atoms with Gasteiger partial charge in [0.05, 0.1) is 18.4 Å². The molecule has 5 atom stereocenters. The summed E-state index contributed by atoms with van der Waals surface area (Å²) in [5, 5.41) is 6.19. The average molecular weight is 413 g/mol. The third-order valence-corrected chi connectivity index (χ3v) is 6.43. The summed E-state index contributed by atoms with van der Waals surface area (Å²) >= 11 is 0. The van der Waals surface area contributed by atoms with Crippen molar-refractivity contribution in [2.75, 3.05) is 39.8 Å². The number of likely N-dealkylation sites (tertiary alicyclic amines) is 2. The maximum Gasteiger partial charge on any atom is 0.401 e. The third-order valence-electron chi connectivity index (χ3n) is 6.43. The van der Waals surface area contributed by atoms with Crippen LogP contribution in [0.15, 0.2) is 17.1 Å². The summed E-state index contributed by atoms with van der Waals surface area (Å²) in [5.41, 5.74) is 0. The number of carbonyl (C=O) groups is 2. The summed E-state index contributed by atoms with van der Waals surface area (Å²) in [4.78, 5) is 32.1. The second kappa shape index (κ2) is 7.62. The predicted octanol–water partition coefficient (Wildman–Crippen LogP) is 0.595. The molecule has 2 aliphatic heterocycles. The number of fused-ring (bicyclic) bond motifs is 5. The van der Waals surface area contributed by atoms with Crippen molar-refractivity contribution in [3.05, 3.63) is 12.2 Å². The van der Waals surface area contributed by atoms with E-state index in [2.05, 4.69) is 27.8 Å². The number of guanidine groups is 1. The number of rotatable bonds is 5. The number of amides is 2. The number of imide groups is 1. The smallest absolute Gasteiger partial charge is 0.355 e. The molecule has 10 heteroatoms. The Morgan fingerprint density at radius 1 is 1.21 bits per heavy atom. The molecule has 160 valence electrons. The molecular weight excluding hydrogens is 387 g/mol. The van der Waals surface area contributed by atoms with Crippen molar-refractivity contribution in [3.8, 4) is 0 Å². The predicted molar refractivity (Wildman–Crippen MR) is 99.8 cm³/mol. The van der Waals surface area contributed by atoms with Crippen LogP contribution in [0.5, 0.6) is 0 Å². The van der Waals surface area contributed by atoms with Crippen LogP contribution in [-0.2, 0) is 9.59 Å². The molecule has 2 saturated heterocycles. The van der Waals surface area contributed by atoms with E-state index < -0.39 is 12.7 Å². The van der Waals surface area contributed by atoms with Gasteiger partial charge in [0.2, 0.25) is 11.8 Å². The lowest BCUT2D eigenvalue weighted by Gasteiger charge is -2.21. The molecule has 2 heterocycles. The van der Waals surface area contributed by atoms with Gasteiger partial charge in [0, 0.05) is 39.3 Å². The molecule has 1 saturated carbocycles. The second-order valence-electron chi connectivity index (χ2n) is 8.31. The van der Waals surface area contributed by atoms with E-state index >= 15 is 0 Å². The lowest BCUT2D eigenvalue weighted by molar-refractivity contribution is -0.144. The second-order valence-corrected chi connectivity index (χ2v) is 8.31. The minimum atomic E-state index is -4.20. The van der Waals surface area contributed by atoms with Crippen molar-refractivity contribution in [2.45, 2.75) is 25.1 Å². The molecule has 2 aliphatic carbocycles. The van der Waals surface area contributed by atoms with Gasteiger partial charge < -0.3 is 10.6 Å². The zero-order valence-electron chi connectivity index (χ0n) is 16.3. The standard InChI is InChI=1S/C19H26F3N5O2/c1-23-18(25-13-4-6-26(9-13)10-19(20,21)22)24-5-7-27-16(28)14-11-2-3-12(8-11)15(14)17(27)29/h2-3,11-15H,4-10H2,1H3,(H2,23,24,25). The van der Waals surface area contributed by atoms with Crippen molar-refractivity contribution >= 4 is 17.8 Å². The van der Waals surface area contributed by atoms with E-state index in [0.29, 0.717) is 32.0 Å². The van der Waals surface area contributed by atoms with E-state index in [9.17, 15) is 22.8 Å². The third kappa shape index (κ3) is 3.99. The molecule has 0 aromatic heterocycles. The number of alkyl halides is 3. The number of hydrogen-bond acceptors (Lipinski definition) is 4. The van der Waals surface area contributed by atoms with E-state index in [4.69, 9.17) is 0 Å². The van der Waals surface area contributed by atoms with Crippen LogP contribution in [0.3, 0.4) is 0 Å². The number of hydrogen-bond donors (Lipinski definition) is 2. The summed E-state index contributed by atoms with van der Waals surface area (Å²) in [7, 11) is 1.58. The Bertz CT molecular complexity index is 708. The van der Waals surface area contributed by atoms with Crippen LogP contribution < -0.4 is 10.6 Å². The zero-order valence-corrected chi connectivity index (χ0v) is 16.3. The molecule has 3 fully saturated rings. The van der Waals surface area contributed by atoms with Crippen molar-refractivity contribution in [3.63, 3.8) is 0 Å². The maximum atomic E-state index is 12.7. The summed E-state index contributed by atoms with van der Waals surface area (Å²) in [6, 6.07) is -0.125. The molecule has 2 bridgehead atoms. The highest BCUT2D eigenvalue weighted by Crippen LogP contribution is 2.52. The highest BCUT2D eigenvalue weighted by molar-refractivity contribution is 6.06. The lowest BCUT2D eigenvalue weighted by atomic mass is 9.85. The summed E-state index contributed by atoms with van der Waals surface area (Å²) in [5.74, 6) is 0.276. The Morgan fingerprint density at radius 3 is 2.45 bits per heavy atom. The highest BCUT2D eigenvalue weighted by atomic mass is 19.4. The normalized spacial score (nSPS) is 34.4. The van der Waals surface area contributed by atoms with E-state index in [1.54, 1.807) is 7.05 Å². The number of nitrogens with one attached hydrogen (secondary N) is 2. The minimum absolute atomic E-state index is 0.0832. The Labute approximate surface area is 167 Å². The summed E-state index contributed by atoms with van der Waals surface area (Å²) in [6.45, 7) is 0.371. The lowest BCUT2D eigenvalue weighted by Crippen LogP contribution is -2.47. The van der Waals surface area contributed by atoms with Crippen molar-refractivity contribution in [2.24, 2.45) is 28.7 Å². The van der Waals surface area contributed by atoms with Gasteiger partial charge in [0.1, 0.15) is 0 Å². The molecular formula is C19H26F3N5O2. The summed E-state index contributed by atoms with van der Waals surface area (Å²) in [6.07, 6.45) is 1.43. The Kier molecular flexibility index (Phi) is 5.30. The van der Waals surface area contributed by atoms with Gasteiger partial charge in [-0.2, -0.15) is 13.2 Å². The molecule has 29 heavy (non-hydrogen) atoms. The molecule has 0 aromatic rings. The van der Waals surface area contributed by atoms with Gasteiger partial charge in [-0.1, -0.05) is 12.2 Å². The van der Waals surface area contributed by atoms with Gasteiger partial charge >= 0.3 is 6.18 Å². The van der Waals surface area contributed by atoms with Crippen LogP contribution in [0, 0.1) is 23.7 Å². The Balaban J connectivity index is 1.23. The van der Waals surface area contributed by atoms with Gasteiger partial charge in [-0.25, -0.2) is 0 Å². The first-order chi connectivity index (χ1) is 13.8. The first-order valence-corrected chi connectivity index (χ1v) is 10.1. The Hall–Kier alpha value is -2.10. The first-order valence-electron chi connectivity index (χ1n) is 10.1. The minimum Gasteiger partial charge on any atom is -0.355 e. The van der Waals surface area contributed by atoms with E-state index in [-0.39, 0.29) is 48.1 Å². The van der Waals surface area contributed by atoms with E-state index in [1.807, 2.05) is 0 Å². The van der Waals surface area contributed by atoms with Crippen molar-refractivity contribution in [1.82, 2.24) is 20.4 Å². The fourth-order valence-corrected chi connectivity index (χ4v) is 5.21. The van der Waals surface area contributed by atoms with Crippen LogP contribution in [0.4, 0.5) is 13.2 Å². The molecule has 2 amide bonds. The Morgan fingerprint density at radius 2 is 1.86 bits per heavy atom. The molecule has 4 rings (SSSR count). The van der Waals surface area contributed by atoms with Gasteiger partial charge in [-0.05, 0) is 24.7 Å². The maximum absolute atomic E-state index is 12.7. The number of allylic oxidation sites excluding steroid dienone is 2. The number of carbonyl (C=O) groups excluding carboxylic acids is 2. The van der Waals surface area contributed by atoms with Crippen LogP contribution >= 0.6 is 0 Å². The first kappa shape index (κ1) is 20.2. The van der Waals surface area contributed by atoms with E-state index in [0.717, 1.165) is 6.42 Å². The fourth-order valence-electron chi connectivity index (χ4n) is 5.21. The topological polar surface area (TPSA) is 77.0 Å².